The van der Waals surface area contributed by atoms with Crippen LogP contribution in [0.15, 0.2) is 48.5 Å². The minimum absolute atomic E-state index is 0.296. The van der Waals surface area contributed by atoms with Crippen molar-refractivity contribution in [3.8, 4) is 22.6 Å². The zero-order valence-corrected chi connectivity index (χ0v) is 15.5. The van der Waals surface area contributed by atoms with Crippen molar-refractivity contribution in [2.75, 3.05) is 6.61 Å². The third-order valence-corrected chi connectivity index (χ3v) is 4.57. The second kappa shape index (κ2) is 11.6. The molecular weight excluding hydrogens is 308 g/mol. The molecule has 0 radical (unpaired) electrons. The minimum Gasteiger partial charge on any atom is -0.508 e. The molecule has 0 saturated carbocycles. The molecule has 0 aromatic heterocycles. The molecule has 0 heterocycles. The molecule has 2 rings (SSSR count). The standard InChI is InChI=1S/C23H32O2/c1-2-3-4-5-6-7-8-9-10-19-25-23-17-13-21(14-18-23)20-11-15-22(24)16-12-20/h11-18,24H,2-10,19H2,1H3. The van der Waals surface area contributed by atoms with Gasteiger partial charge in [-0.25, -0.2) is 0 Å². The molecule has 0 fully saturated rings. The van der Waals surface area contributed by atoms with Crippen molar-refractivity contribution in [2.24, 2.45) is 0 Å². The molecule has 0 aliphatic rings. The van der Waals surface area contributed by atoms with E-state index in [2.05, 4.69) is 19.1 Å². The summed E-state index contributed by atoms with van der Waals surface area (Å²) in [6.07, 6.45) is 12.0. The number of ether oxygens (including phenoxy) is 1. The Labute approximate surface area is 152 Å². The lowest BCUT2D eigenvalue weighted by molar-refractivity contribution is 0.304. The number of hydrogen-bond acceptors (Lipinski definition) is 2. The van der Waals surface area contributed by atoms with Crippen LogP contribution in [0.3, 0.4) is 0 Å². The van der Waals surface area contributed by atoms with E-state index in [4.69, 9.17) is 4.74 Å². The van der Waals surface area contributed by atoms with Crippen LogP contribution in [0.2, 0.25) is 0 Å². The number of unbranched alkanes of at least 4 members (excludes halogenated alkanes) is 8. The maximum atomic E-state index is 9.35. The van der Waals surface area contributed by atoms with Crippen LogP contribution in [0.25, 0.3) is 11.1 Å². The Morgan fingerprint density at radius 2 is 1.12 bits per heavy atom. The maximum absolute atomic E-state index is 9.35. The topological polar surface area (TPSA) is 29.5 Å². The maximum Gasteiger partial charge on any atom is 0.119 e. The summed E-state index contributed by atoms with van der Waals surface area (Å²) in [7, 11) is 0. The lowest BCUT2D eigenvalue weighted by atomic mass is 10.1. The van der Waals surface area contributed by atoms with E-state index in [0.29, 0.717) is 5.75 Å². The molecule has 2 nitrogen and oxygen atoms in total. The van der Waals surface area contributed by atoms with Crippen LogP contribution in [0.5, 0.6) is 11.5 Å². The van der Waals surface area contributed by atoms with Gasteiger partial charge in [-0.15, -0.1) is 0 Å². The molecule has 0 aliphatic carbocycles. The van der Waals surface area contributed by atoms with Gasteiger partial charge in [0.2, 0.25) is 0 Å². The summed E-state index contributed by atoms with van der Waals surface area (Å²) in [5.41, 5.74) is 2.23. The summed E-state index contributed by atoms with van der Waals surface area (Å²) in [6, 6.07) is 15.5. The predicted molar refractivity (Wildman–Crippen MR) is 106 cm³/mol. The van der Waals surface area contributed by atoms with Gasteiger partial charge < -0.3 is 9.84 Å². The van der Waals surface area contributed by atoms with Crippen molar-refractivity contribution in [2.45, 2.75) is 64.7 Å². The SMILES string of the molecule is CCCCCCCCCCCOc1ccc(-c2ccc(O)cc2)cc1. The quantitative estimate of drug-likeness (QED) is 0.423. The second-order valence-electron chi connectivity index (χ2n) is 6.75. The summed E-state index contributed by atoms with van der Waals surface area (Å²) >= 11 is 0. The van der Waals surface area contributed by atoms with Crippen molar-refractivity contribution < 1.29 is 9.84 Å². The molecule has 0 unspecified atom stereocenters. The first-order valence-electron chi connectivity index (χ1n) is 9.82. The van der Waals surface area contributed by atoms with E-state index in [9.17, 15) is 5.11 Å². The normalized spacial score (nSPS) is 10.8. The molecule has 2 aromatic rings. The lowest BCUT2D eigenvalue weighted by Gasteiger charge is -2.08. The first-order valence-corrected chi connectivity index (χ1v) is 9.82. The third-order valence-electron chi connectivity index (χ3n) is 4.57. The fourth-order valence-corrected chi connectivity index (χ4v) is 3.00. The van der Waals surface area contributed by atoms with E-state index in [1.54, 1.807) is 12.1 Å². The highest BCUT2D eigenvalue weighted by atomic mass is 16.5. The zero-order valence-electron chi connectivity index (χ0n) is 15.5. The summed E-state index contributed by atoms with van der Waals surface area (Å²) in [4.78, 5) is 0. The van der Waals surface area contributed by atoms with Gasteiger partial charge in [-0.05, 0) is 41.8 Å². The van der Waals surface area contributed by atoms with Gasteiger partial charge in [-0.3, -0.25) is 0 Å². The van der Waals surface area contributed by atoms with Crippen molar-refractivity contribution in [1.29, 1.82) is 0 Å². The molecule has 0 amide bonds. The Morgan fingerprint density at radius 1 is 0.640 bits per heavy atom. The van der Waals surface area contributed by atoms with Crippen LogP contribution < -0.4 is 4.74 Å². The molecule has 2 heteroatoms. The van der Waals surface area contributed by atoms with Crippen LogP contribution in [-0.2, 0) is 0 Å². The Bertz CT molecular complexity index is 572. The van der Waals surface area contributed by atoms with Gasteiger partial charge in [0.05, 0.1) is 6.61 Å². The second-order valence-corrected chi connectivity index (χ2v) is 6.75. The van der Waals surface area contributed by atoms with Crippen molar-refractivity contribution in [3.63, 3.8) is 0 Å². The van der Waals surface area contributed by atoms with Gasteiger partial charge in [0, 0.05) is 0 Å². The fraction of sp³-hybridized carbons (Fsp3) is 0.478. The minimum atomic E-state index is 0.296. The molecule has 0 saturated heterocycles. The summed E-state index contributed by atoms with van der Waals surface area (Å²) < 4.78 is 5.84. The molecule has 0 aliphatic heterocycles. The van der Waals surface area contributed by atoms with E-state index < -0.39 is 0 Å². The Kier molecular flexibility index (Phi) is 8.96. The summed E-state index contributed by atoms with van der Waals surface area (Å²) in [6.45, 7) is 3.06. The Hall–Kier alpha value is -1.96. The van der Waals surface area contributed by atoms with E-state index in [0.717, 1.165) is 29.9 Å². The highest BCUT2D eigenvalue weighted by Crippen LogP contribution is 2.24. The molecular formula is C23H32O2. The lowest BCUT2D eigenvalue weighted by Crippen LogP contribution is -1.97. The van der Waals surface area contributed by atoms with Gasteiger partial charge in [-0.2, -0.15) is 0 Å². The van der Waals surface area contributed by atoms with Gasteiger partial charge in [0.15, 0.2) is 0 Å². The van der Waals surface area contributed by atoms with Crippen molar-refractivity contribution in [3.05, 3.63) is 48.5 Å². The van der Waals surface area contributed by atoms with Crippen LogP contribution in [0, 0.1) is 0 Å². The van der Waals surface area contributed by atoms with E-state index in [-0.39, 0.29) is 0 Å². The molecule has 0 atom stereocenters. The van der Waals surface area contributed by atoms with Gasteiger partial charge in [0.1, 0.15) is 11.5 Å². The number of aromatic hydroxyl groups is 1. The third kappa shape index (κ3) is 7.64. The molecule has 136 valence electrons. The average molecular weight is 341 g/mol. The van der Waals surface area contributed by atoms with Crippen LogP contribution >= 0.6 is 0 Å². The van der Waals surface area contributed by atoms with E-state index in [1.165, 1.54) is 51.4 Å². The molecule has 2 aromatic carbocycles. The molecule has 1 N–H and O–H groups in total. The first kappa shape index (κ1) is 19.4. The highest BCUT2D eigenvalue weighted by molar-refractivity contribution is 5.64. The number of hydrogen-bond donors (Lipinski definition) is 1. The number of phenols is 1. The molecule has 25 heavy (non-hydrogen) atoms. The van der Waals surface area contributed by atoms with Crippen LogP contribution in [0.1, 0.15) is 64.7 Å². The number of phenolic OH excluding ortho intramolecular Hbond substituents is 1. The highest BCUT2D eigenvalue weighted by Gasteiger charge is 1.99. The van der Waals surface area contributed by atoms with E-state index in [1.807, 2.05) is 24.3 Å². The number of rotatable bonds is 12. The summed E-state index contributed by atoms with van der Waals surface area (Å²) in [5.74, 6) is 1.23. The van der Waals surface area contributed by atoms with Gasteiger partial charge >= 0.3 is 0 Å². The zero-order chi connectivity index (χ0) is 17.7. The molecule has 0 bridgehead atoms. The van der Waals surface area contributed by atoms with E-state index >= 15 is 0 Å². The average Bonchev–Trinajstić information content (AvgIpc) is 2.64. The Morgan fingerprint density at radius 3 is 1.68 bits per heavy atom. The molecule has 0 spiro atoms. The van der Waals surface area contributed by atoms with Gasteiger partial charge in [-0.1, -0.05) is 82.6 Å². The predicted octanol–water partition coefficient (Wildman–Crippen LogP) is 6.97. The monoisotopic (exact) mass is 340 g/mol. The smallest absolute Gasteiger partial charge is 0.119 e. The van der Waals surface area contributed by atoms with Gasteiger partial charge in [0.25, 0.3) is 0 Å². The number of benzene rings is 2. The Balaban J connectivity index is 1.58. The summed E-state index contributed by atoms with van der Waals surface area (Å²) in [5, 5.41) is 9.35. The fourth-order valence-electron chi connectivity index (χ4n) is 3.00. The largest absolute Gasteiger partial charge is 0.508 e. The first-order chi connectivity index (χ1) is 12.3. The van der Waals surface area contributed by atoms with Crippen molar-refractivity contribution in [1.82, 2.24) is 0 Å². The van der Waals surface area contributed by atoms with Crippen LogP contribution in [0.4, 0.5) is 0 Å². The van der Waals surface area contributed by atoms with Crippen LogP contribution in [-0.4, -0.2) is 11.7 Å². The van der Waals surface area contributed by atoms with Crippen molar-refractivity contribution >= 4 is 0 Å².